The van der Waals surface area contributed by atoms with E-state index in [4.69, 9.17) is 0 Å². The fourth-order valence-corrected chi connectivity index (χ4v) is 1.38. The standard InChI is InChI=1S/C12H18N2O3/c1-9(10-6-4-5-7-13-10)14-8-12(2,16)11(15)17-3/h4-7,9,14,16H,8H2,1-3H3/t9-,12?/m1/s1. The summed E-state index contributed by atoms with van der Waals surface area (Å²) in [4.78, 5) is 15.4. The molecule has 0 saturated heterocycles. The van der Waals surface area contributed by atoms with Gasteiger partial charge in [0.25, 0.3) is 0 Å². The summed E-state index contributed by atoms with van der Waals surface area (Å²) < 4.78 is 4.51. The molecule has 5 heteroatoms. The number of pyridine rings is 1. The molecule has 2 atom stereocenters. The van der Waals surface area contributed by atoms with E-state index in [9.17, 15) is 9.90 Å². The number of hydrogen-bond donors (Lipinski definition) is 2. The first-order chi connectivity index (χ1) is 7.97. The van der Waals surface area contributed by atoms with E-state index in [2.05, 4.69) is 15.0 Å². The average Bonchev–Trinajstić information content (AvgIpc) is 2.36. The third-order valence-electron chi connectivity index (χ3n) is 2.51. The lowest BCUT2D eigenvalue weighted by Gasteiger charge is -2.23. The van der Waals surface area contributed by atoms with Crippen molar-refractivity contribution in [2.75, 3.05) is 13.7 Å². The second-order valence-corrected chi connectivity index (χ2v) is 4.12. The molecule has 0 fully saturated rings. The number of nitrogens with zero attached hydrogens (tertiary/aromatic N) is 1. The van der Waals surface area contributed by atoms with Gasteiger partial charge in [-0.3, -0.25) is 4.98 Å². The van der Waals surface area contributed by atoms with Crippen LogP contribution in [0.5, 0.6) is 0 Å². The largest absolute Gasteiger partial charge is 0.467 e. The lowest BCUT2D eigenvalue weighted by molar-refractivity contribution is -0.160. The highest BCUT2D eigenvalue weighted by Gasteiger charge is 2.31. The Kier molecular flexibility index (Phi) is 4.60. The van der Waals surface area contributed by atoms with E-state index in [0.29, 0.717) is 0 Å². The smallest absolute Gasteiger partial charge is 0.338 e. The highest BCUT2D eigenvalue weighted by atomic mass is 16.5. The van der Waals surface area contributed by atoms with E-state index < -0.39 is 11.6 Å². The molecule has 1 rings (SSSR count). The first kappa shape index (κ1) is 13.6. The molecule has 0 radical (unpaired) electrons. The van der Waals surface area contributed by atoms with Crippen LogP contribution in [0.2, 0.25) is 0 Å². The molecular formula is C12H18N2O3. The van der Waals surface area contributed by atoms with Gasteiger partial charge < -0.3 is 15.2 Å². The van der Waals surface area contributed by atoms with Crippen LogP contribution in [0.15, 0.2) is 24.4 Å². The van der Waals surface area contributed by atoms with E-state index in [0.717, 1.165) is 5.69 Å². The molecule has 2 N–H and O–H groups in total. The number of esters is 1. The Balaban J connectivity index is 2.54. The molecular weight excluding hydrogens is 220 g/mol. The molecule has 0 spiro atoms. The van der Waals surface area contributed by atoms with E-state index in [1.54, 1.807) is 6.20 Å². The van der Waals surface area contributed by atoms with Gasteiger partial charge in [-0.2, -0.15) is 0 Å². The van der Waals surface area contributed by atoms with Crippen LogP contribution in [0.1, 0.15) is 25.6 Å². The SMILES string of the molecule is COC(=O)C(C)(O)CN[C@H](C)c1ccccn1. The van der Waals surface area contributed by atoms with Gasteiger partial charge in [0.2, 0.25) is 0 Å². The van der Waals surface area contributed by atoms with Gasteiger partial charge in [-0.1, -0.05) is 6.07 Å². The summed E-state index contributed by atoms with van der Waals surface area (Å²) in [6.07, 6.45) is 1.70. The van der Waals surface area contributed by atoms with Crippen molar-refractivity contribution in [3.05, 3.63) is 30.1 Å². The van der Waals surface area contributed by atoms with Crippen LogP contribution in [-0.4, -0.2) is 35.3 Å². The zero-order valence-corrected chi connectivity index (χ0v) is 10.3. The molecule has 0 aromatic carbocycles. The predicted molar refractivity (Wildman–Crippen MR) is 63.3 cm³/mol. The minimum Gasteiger partial charge on any atom is -0.467 e. The van der Waals surface area contributed by atoms with E-state index in [1.807, 2.05) is 25.1 Å². The molecule has 0 saturated carbocycles. The van der Waals surface area contributed by atoms with E-state index in [-0.39, 0.29) is 12.6 Å². The summed E-state index contributed by atoms with van der Waals surface area (Å²) in [7, 11) is 1.25. The van der Waals surface area contributed by atoms with Crippen LogP contribution in [0.3, 0.4) is 0 Å². The van der Waals surface area contributed by atoms with Gasteiger partial charge in [-0.05, 0) is 26.0 Å². The first-order valence-electron chi connectivity index (χ1n) is 5.42. The Morgan fingerprint density at radius 1 is 1.65 bits per heavy atom. The topological polar surface area (TPSA) is 71.5 Å². The first-order valence-corrected chi connectivity index (χ1v) is 5.42. The highest BCUT2D eigenvalue weighted by Crippen LogP contribution is 2.10. The van der Waals surface area contributed by atoms with Gasteiger partial charge in [0, 0.05) is 18.8 Å². The average molecular weight is 238 g/mol. The zero-order valence-electron chi connectivity index (χ0n) is 10.3. The molecule has 1 aromatic heterocycles. The van der Waals surface area contributed by atoms with Gasteiger partial charge in [0.1, 0.15) is 0 Å². The quantitative estimate of drug-likeness (QED) is 0.737. The third-order valence-corrected chi connectivity index (χ3v) is 2.51. The van der Waals surface area contributed by atoms with E-state index >= 15 is 0 Å². The summed E-state index contributed by atoms with van der Waals surface area (Å²) in [6, 6.07) is 5.55. The summed E-state index contributed by atoms with van der Waals surface area (Å²) in [5, 5.41) is 12.9. The van der Waals surface area contributed by atoms with Gasteiger partial charge in [-0.25, -0.2) is 4.79 Å². The van der Waals surface area contributed by atoms with E-state index in [1.165, 1.54) is 14.0 Å². The van der Waals surface area contributed by atoms with Crippen LogP contribution >= 0.6 is 0 Å². The Morgan fingerprint density at radius 2 is 2.35 bits per heavy atom. The maximum Gasteiger partial charge on any atom is 0.338 e. The van der Waals surface area contributed by atoms with Crippen molar-refractivity contribution in [1.82, 2.24) is 10.3 Å². The molecule has 94 valence electrons. The fourth-order valence-electron chi connectivity index (χ4n) is 1.38. The monoisotopic (exact) mass is 238 g/mol. The van der Waals surface area contributed by atoms with Gasteiger partial charge in [-0.15, -0.1) is 0 Å². The molecule has 1 unspecified atom stereocenters. The van der Waals surface area contributed by atoms with Gasteiger partial charge in [0.15, 0.2) is 5.60 Å². The number of nitrogens with one attached hydrogen (secondary N) is 1. The van der Waals surface area contributed by atoms with Gasteiger partial charge in [0.05, 0.1) is 12.8 Å². The highest BCUT2D eigenvalue weighted by molar-refractivity contribution is 5.78. The zero-order chi connectivity index (χ0) is 12.9. The molecule has 0 aliphatic rings. The number of ether oxygens (including phenoxy) is 1. The number of hydrogen-bond acceptors (Lipinski definition) is 5. The molecule has 0 aliphatic carbocycles. The Morgan fingerprint density at radius 3 is 2.88 bits per heavy atom. The normalized spacial score (nSPS) is 16.0. The summed E-state index contributed by atoms with van der Waals surface area (Å²) in [6.45, 7) is 3.43. The molecule has 0 aliphatic heterocycles. The molecule has 1 heterocycles. The maximum absolute atomic E-state index is 11.3. The van der Waals surface area contributed by atoms with Crippen LogP contribution in [-0.2, 0) is 9.53 Å². The second-order valence-electron chi connectivity index (χ2n) is 4.12. The van der Waals surface area contributed by atoms with Crippen LogP contribution in [0, 0.1) is 0 Å². The lowest BCUT2D eigenvalue weighted by Crippen LogP contribution is -2.46. The minimum atomic E-state index is -1.53. The van der Waals surface area contributed by atoms with Crippen molar-refractivity contribution in [3.63, 3.8) is 0 Å². The van der Waals surface area contributed by atoms with Crippen LogP contribution in [0.25, 0.3) is 0 Å². The number of aromatic nitrogens is 1. The van der Waals surface area contributed by atoms with Crippen molar-refractivity contribution in [1.29, 1.82) is 0 Å². The number of rotatable bonds is 5. The van der Waals surface area contributed by atoms with Crippen LogP contribution in [0.4, 0.5) is 0 Å². The summed E-state index contributed by atoms with van der Waals surface area (Å²) >= 11 is 0. The molecule has 1 aromatic rings. The predicted octanol–water partition coefficient (Wildman–Crippen LogP) is 0.656. The summed E-state index contributed by atoms with van der Waals surface area (Å²) in [5.74, 6) is -0.654. The number of carbonyl (C=O) groups excluding carboxylic acids is 1. The van der Waals surface area contributed by atoms with Crippen molar-refractivity contribution in [2.45, 2.75) is 25.5 Å². The van der Waals surface area contributed by atoms with Gasteiger partial charge >= 0.3 is 5.97 Å². The summed E-state index contributed by atoms with van der Waals surface area (Å²) in [5.41, 5.74) is -0.675. The number of aliphatic hydroxyl groups is 1. The lowest BCUT2D eigenvalue weighted by atomic mass is 10.1. The van der Waals surface area contributed by atoms with Crippen molar-refractivity contribution in [2.24, 2.45) is 0 Å². The van der Waals surface area contributed by atoms with Crippen molar-refractivity contribution in [3.8, 4) is 0 Å². The second kappa shape index (κ2) is 5.75. The number of carbonyl (C=O) groups is 1. The molecule has 0 bridgehead atoms. The molecule has 5 nitrogen and oxygen atoms in total. The Bertz CT molecular complexity index is 365. The maximum atomic E-state index is 11.3. The molecule has 17 heavy (non-hydrogen) atoms. The molecule has 0 amide bonds. The van der Waals surface area contributed by atoms with Crippen LogP contribution < -0.4 is 5.32 Å². The van der Waals surface area contributed by atoms with Crippen molar-refractivity contribution >= 4 is 5.97 Å². The third kappa shape index (κ3) is 3.80. The Labute approximate surface area is 101 Å². The fraction of sp³-hybridized carbons (Fsp3) is 0.500. The van der Waals surface area contributed by atoms with Crippen molar-refractivity contribution < 1.29 is 14.6 Å². The Hall–Kier alpha value is -1.46. The minimum absolute atomic E-state index is 0.0488. The number of methoxy groups -OCH3 is 1.